The van der Waals surface area contributed by atoms with E-state index in [1.165, 1.54) is 0 Å². The highest BCUT2D eigenvalue weighted by Crippen LogP contribution is 2.32. The first-order valence-electron chi connectivity index (χ1n) is 9.16. The van der Waals surface area contributed by atoms with Crippen molar-refractivity contribution in [2.45, 2.75) is 58.2 Å². The third-order valence-electron chi connectivity index (χ3n) is 5.27. The van der Waals surface area contributed by atoms with Crippen molar-refractivity contribution in [2.24, 2.45) is 0 Å². The van der Waals surface area contributed by atoms with E-state index in [4.69, 9.17) is 4.74 Å². The second-order valence-electron chi connectivity index (χ2n) is 7.50. The zero-order chi connectivity index (χ0) is 19.9. The van der Waals surface area contributed by atoms with Gasteiger partial charge in [-0.15, -0.1) is 0 Å². The topological polar surface area (TPSA) is 117 Å². The van der Waals surface area contributed by atoms with Gasteiger partial charge in [0.15, 0.2) is 16.4 Å². The molecule has 1 saturated carbocycles. The normalized spacial score (nSPS) is 22.4. The predicted octanol–water partition coefficient (Wildman–Crippen LogP) is 1.02. The van der Waals surface area contributed by atoms with Gasteiger partial charge < -0.3 is 19.7 Å². The summed E-state index contributed by atoms with van der Waals surface area (Å²) in [5, 5.41) is 9.82. The van der Waals surface area contributed by atoms with Gasteiger partial charge in [0.2, 0.25) is 0 Å². The summed E-state index contributed by atoms with van der Waals surface area (Å²) in [5.41, 5.74) is 2.14. The standard InChI is InChI=1S/C18H26N2O6S/c1-10-16(12(3)21)11(2)19-17(10)18(23)26-8-15(22)20(13-4-5-13)14-6-7-27(24,25)9-14/h12-14,19,21H,4-9H2,1-3H3/t12-,14-/m0/s1. The number of H-pyrrole nitrogens is 1. The van der Waals surface area contributed by atoms with Crippen LogP contribution in [0.15, 0.2) is 0 Å². The molecule has 1 aromatic rings. The molecular formula is C18H26N2O6S. The van der Waals surface area contributed by atoms with Crippen LogP contribution in [0.1, 0.15) is 59.6 Å². The number of nitrogens with one attached hydrogen (secondary N) is 1. The van der Waals surface area contributed by atoms with Crippen LogP contribution in [0.25, 0.3) is 0 Å². The van der Waals surface area contributed by atoms with Gasteiger partial charge in [0, 0.05) is 23.3 Å². The molecule has 0 spiro atoms. The number of aromatic nitrogens is 1. The Hall–Kier alpha value is -1.87. The smallest absolute Gasteiger partial charge is 0.355 e. The number of aliphatic hydroxyl groups excluding tert-OH is 1. The third-order valence-corrected chi connectivity index (χ3v) is 7.02. The van der Waals surface area contributed by atoms with E-state index in [0.29, 0.717) is 23.2 Å². The Balaban J connectivity index is 1.66. The van der Waals surface area contributed by atoms with Crippen LogP contribution in [-0.2, 0) is 19.4 Å². The van der Waals surface area contributed by atoms with E-state index in [1.54, 1.807) is 25.7 Å². The average molecular weight is 398 g/mol. The third kappa shape index (κ3) is 4.19. The van der Waals surface area contributed by atoms with Crippen LogP contribution in [-0.4, -0.2) is 65.5 Å². The molecule has 2 atom stereocenters. The molecule has 0 aromatic carbocycles. The maximum Gasteiger partial charge on any atom is 0.355 e. The molecule has 2 N–H and O–H groups in total. The molecule has 1 aliphatic carbocycles. The van der Waals surface area contributed by atoms with Crippen molar-refractivity contribution >= 4 is 21.7 Å². The van der Waals surface area contributed by atoms with E-state index in [0.717, 1.165) is 12.8 Å². The van der Waals surface area contributed by atoms with Crippen molar-refractivity contribution in [2.75, 3.05) is 18.1 Å². The van der Waals surface area contributed by atoms with Crippen LogP contribution in [0.3, 0.4) is 0 Å². The number of aryl methyl sites for hydroxylation is 1. The van der Waals surface area contributed by atoms with Gasteiger partial charge in [-0.05, 0) is 45.6 Å². The maximum absolute atomic E-state index is 12.6. The summed E-state index contributed by atoms with van der Waals surface area (Å²) in [4.78, 5) is 29.5. The average Bonchev–Trinajstić information content (AvgIpc) is 3.26. The Morgan fingerprint density at radius 3 is 2.41 bits per heavy atom. The molecule has 3 rings (SSSR count). The van der Waals surface area contributed by atoms with Crippen molar-refractivity contribution in [3.05, 3.63) is 22.5 Å². The second kappa shape index (κ2) is 7.27. The molecule has 1 amide bonds. The number of rotatable bonds is 6. The van der Waals surface area contributed by atoms with E-state index in [9.17, 15) is 23.1 Å². The van der Waals surface area contributed by atoms with E-state index >= 15 is 0 Å². The monoisotopic (exact) mass is 398 g/mol. The van der Waals surface area contributed by atoms with Gasteiger partial charge in [-0.25, -0.2) is 13.2 Å². The van der Waals surface area contributed by atoms with Crippen molar-refractivity contribution in [3.63, 3.8) is 0 Å². The minimum absolute atomic E-state index is 0.0180. The number of carbonyl (C=O) groups excluding carboxylic acids is 2. The number of hydrogen-bond acceptors (Lipinski definition) is 6. The number of aliphatic hydroxyl groups is 1. The van der Waals surface area contributed by atoms with Crippen molar-refractivity contribution in [1.29, 1.82) is 0 Å². The summed E-state index contributed by atoms with van der Waals surface area (Å²) in [6.45, 7) is 4.66. The van der Waals surface area contributed by atoms with Gasteiger partial charge in [0.1, 0.15) is 5.69 Å². The summed E-state index contributed by atoms with van der Waals surface area (Å²) in [6, 6.07) is -0.282. The first-order valence-corrected chi connectivity index (χ1v) is 11.0. The van der Waals surface area contributed by atoms with Gasteiger partial charge in [-0.1, -0.05) is 0 Å². The molecule has 2 heterocycles. The fraction of sp³-hybridized carbons (Fsp3) is 0.667. The summed E-state index contributed by atoms with van der Waals surface area (Å²) in [6.07, 6.45) is 1.41. The number of esters is 1. The number of nitrogens with zero attached hydrogens (tertiary/aromatic N) is 1. The SMILES string of the molecule is Cc1[nH]c(C(=O)OCC(=O)N(C2CC2)[C@H]2CCS(=O)(=O)C2)c(C)c1[C@H](C)O. The quantitative estimate of drug-likeness (QED) is 0.691. The summed E-state index contributed by atoms with van der Waals surface area (Å²) < 4.78 is 28.7. The minimum atomic E-state index is -3.10. The largest absolute Gasteiger partial charge is 0.451 e. The minimum Gasteiger partial charge on any atom is -0.451 e. The molecule has 0 bridgehead atoms. The Morgan fingerprint density at radius 1 is 1.26 bits per heavy atom. The lowest BCUT2D eigenvalue weighted by atomic mass is 10.1. The van der Waals surface area contributed by atoms with E-state index in [2.05, 4.69) is 4.98 Å². The van der Waals surface area contributed by atoms with Gasteiger partial charge in [0.05, 0.1) is 17.6 Å². The molecule has 2 fully saturated rings. The van der Waals surface area contributed by atoms with Crippen LogP contribution < -0.4 is 0 Å². The van der Waals surface area contributed by atoms with Crippen molar-refractivity contribution < 1.29 is 27.9 Å². The molecule has 0 radical (unpaired) electrons. The molecule has 27 heavy (non-hydrogen) atoms. The number of sulfone groups is 1. The first kappa shape index (κ1) is 19.9. The Morgan fingerprint density at radius 2 is 1.93 bits per heavy atom. The molecule has 1 aromatic heterocycles. The lowest BCUT2D eigenvalue weighted by Crippen LogP contribution is -2.44. The fourth-order valence-corrected chi connectivity index (χ4v) is 5.63. The second-order valence-corrected chi connectivity index (χ2v) is 9.73. The van der Waals surface area contributed by atoms with Crippen molar-refractivity contribution in [1.82, 2.24) is 9.88 Å². The Bertz CT molecular complexity index is 853. The molecular weight excluding hydrogens is 372 g/mol. The Labute approximate surface area is 158 Å². The van der Waals surface area contributed by atoms with Gasteiger partial charge in [-0.3, -0.25) is 4.79 Å². The van der Waals surface area contributed by atoms with Crippen molar-refractivity contribution in [3.8, 4) is 0 Å². The highest BCUT2D eigenvalue weighted by atomic mass is 32.2. The van der Waals surface area contributed by atoms with Crippen LogP contribution in [0.2, 0.25) is 0 Å². The molecule has 0 unspecified atom stereocenters. The zero-order valence-corrected chi connectivity index (χ0v) is 16.6. The molecule has 150 valence electrons. The first-order chi connectivity index (χ1) is 12.6. The highest BCUT2D eigenvalue weighted by molar-refractivity contribution is 7.91. The summed E-state index contributed by atoms with van der Waals surface area (Å²) >= 11 is 0. The number of aromatic amines is 1. The molecule has 1 aliphatic heterocycles. The van der Waals surface area contributed by atoms with Gasteiger partial charge >= 0.3 is 5.97 Å². The molecule has 9 heteroatoms. The van der Waals surface area contributed by atoms with Crippen LogP contribution >= 0.6 is 0 Å². The lowest BCUT2D eigenvalue weighted by molar-refractivity contribution is -0.137. The van der Waals surface area contributed by atoms with Gasteiger partial charge in [0.25, 0.3) is 5.91 Å². The van der Waals surface area contributed by atoms with E-state index in [1.807, 2.05) is 0 Å². The molecule has 2 aliphatic rings. The van der Waals surface area contributed by atoms with Gasteiger partial charge in [-0.2, -0.15) is 0 Å². The highest BCUT2D eigenvalue weighted by Gasteiger charge is 2.42. The number of amides is 1. The lowest BCUT2D eigenvalue weighted by Gasteiger charge is -2.28. The fourth-order valence-electron chi connectivity index (χ4n) is 3.92. The zero-order valence-electron chi connectivity index (χ0n) is 15.8. The van der Waals surface area contributed by atoms with E-state index < -0.39 is 28.5 Å². The summed E-state index contributed by atoms with van der Waals surface area (Å²) in [7, 11) is -3.10. The van der Waals surface area contributed by atoms with E-state index in [-0.39, 0.29) is 35.2 Å². The van der Waals surface area contributed by atoms with Crippen LogP contribution in [0.4, 0.5) is 0 Å². The maximum atomic E-state index is 12.6. The Kier molecular flexibility index (Phi) is 5.36. The molecule has 8 nitrogen and oxygen atoms in total. The molecule has 1 saturated heterocycles. The van der Waals surface area contributed by atoms with Crippen LogP contribution in [0.5, 0.6) is 0 Å². The number of carbonyl (C=O) groups is 2. The number of hydrogen-bond donors (Lipinski definition) is 2. The van der Waals surface area contributed by atoms with Crippen LogP contribution in [0, 0.1) is 13.8 Å². The predicted molar refractivity (Wildman–Crippen MR) is 98.1 cm³/mol. The number of ether oxygens (including phenoxy) is 1. The summed E-state index contributed by atoms with van der Waals surface area (Å²) in [5.74, 6) is -0.942.